The number of cyclic esters (lactones) is 1. The zero-order chi connectivity index (χ0) is 24.2. The van der Waals surface area contributed by atoms with Crippen molar-refractivity contribution in [1.29, 1.82) is 0 Å². The second-order valence-electron chi connectivity index (χ2n) is 7.61. The first kappa shape index (κ1) is 24.4. The Hall–Kier alpha value is -3.28. The van der Waals surface area contributed by atoms with E-state index in [1.54, 1.807) is 12.1 Å². The topological polar surface area (TPSA) is 131 Å². The van der Waals surface area contributed by atoms with Crippen molar-refractivity contribution in [3.63, 3.8) is 0 Å². The first-order valence-corrected chi connectivity index (χ1v) is 12.0. The quantitative estimate of drug-likeness (QED) is 0.611. The smallest absolute Gasteiger partial charge is 0.414 e. The van der Waals surface area contributed by atoms with Crippen molar-refractivity contribution in [2.24, 2.45) is 4.36 Å². The Morgan fingerprint density at radius 1 is 1.33 bits per heavy atom. The number of anilines is 1. The van der Waals surface area contributed by atoms with Crippen LogP contribution in [0.1, 0.15) is 25.8 Å². The third-order valence-corrected chi connectivity index (χ3v) is 7.08. The summed E-state index contributed by atoms with van der Waals surface area (Å²) in [4.78, 5) is 47.0. The van der Waals surface area contributed by atoms with Gasteiger partial charge in [-0.15, -0.1) is 0 Å². The minimum absolute atomic E-state index is 0.0292. The molecule has 12 heteroatoms. The lowest BCUT2D eigenvalue weighted by Crippen LogP contribution is -2.33. The molecule has 2 atom stereocenters. The Morgan fingerprint density at radius 3 is 2.70 bits per heavy atom. The predicted octanol–water partition coefficient (Wildman–Crippen LogP) is 1.63. The third-order valence-electron chi connectivity index (χ3n) is 5.01. The van der Waals surface area contributed by atoms with E-state index in [1.165, 1.54) is 24.0 Å². The Balaban J connectivity index is 1.69. The van der Waals surface area contributed by atoms with Crippen LogP contribution in [0.3, 0.4) is 0 Å². The molecule has 10 nitrogen and oxygen atoms in total. The van der Waals surface area contributed by atoms with Crippen molar-refractivity contribution in [2.45, 2.75) is 26.4 Å². The SMILES string of the molecule is CC(=O)NC[C@H]1CN(c2ccc(C3=CCS(=O)(=NC(=O)COC(C)=O)CC3)c(F)c2)C(=O)O1. The molecule has 1 aromatic rings. The van der Waals surface area contributed by atoms with Gasteiger partial charge in [0.1, 0.15) is 11.9 Å². The van der Waals surface area contributed by atoms with Crippen molar-refractivity contribution in [3.8, 4) is 0 Å². The van der Waals surface area contributed by atoms with Crippen LogP contribution in [0.5, 0.6) is 0 Å². The fourth-order valence-electron chi connectivity index (χ4n) is 3.42. The molecule has 0 bridgehead atoms. The maximum atomic E-state index is 14.9. The van der Waals surface area contributed by atoms with Gasteiger partial charge in [-0.25, -0.2) is 13.4 Å². The molecular weight excluding hydrogens is 457 g/mol. The zero-order valence-electron chi connectivity index (χ0n) is 18.2. The molecule has 178 valence electrons. The monoisotopic (exact) mass is 481 g/mol. The fraction of sp³-hybridized carbons (Fsp3) is 0.429. The molecule has 2 aliphatic rings. The number of nitrogens with zero attached hydrogens (tertiary/aromatic N) is 2. The molecule has 0 spiro atoms. The molecule has 0 radical (unpaired) electrons. The van der Waals surface area contributed by atoms with Crippen LogP contribution in [0.15, 0.2) is 28.6 Å². The molecule has 1 aromatic carbocycles. The number of carbonyl (C=O) groups is 4. The number of carbonyl (C=O) groups excluding carboxylic acids is 4. The van der Waals surface area contributed by atoms with E-state index in [0.29, 0.717) is 16.8 Å². The molecule has 1 unspecified atom stereocenters. The van der Waals surface area contributed by atoms with Crippen LogP contribution >= 0.6 is 0 Å². The highest BCUT2D eigenvalue weighted by Gasteiger charge is 2.33. The van der Waals surface area contributed by atoms with E-state index in [2.05, 4.69) is 14.4 Å². The minimum atomic E-state index is -2.85. The summed E-state index contributed by atoms with van der Waals surface area (Å²) in [5, 5.41) is 2.58. The Labute approximate surface area is 190 Å². The number of halogens is 1. The Morgan fingerprint density at radius 2 is 2.09 bits per heavy atom. The summed E-state index contributed by atoms with van der Waals surface area (Å²) in [6.07, 6.45) is 0.657. The average molecular weight is 482 g/mol. The summed E-state index contributed by atoms with van der Waals surface area (Å²) in [5.41, 5.74) is 1.24. The first-order valence-electron chi connectivity index (χ1n) is 10.2. The van der Waals surface area contributed by atoms with E-state index in [-0.39, 0.29) is 36.9 Å². The van der Waals surface area contributed by atoms with Crippen LogP contribution in [0.4, 0.5) is 14.9 Å². The van der Waals surface area contributed by atoms with Gasteiger partial charge in [-0.2, -0.15) is 4.36 Å². The highest BCUT2D eigenvalue weighted by molar-refractivity contribution is 7.94. The average Bonchev–Trinajstić information content (AvgIpc) is 3.12. The van der Waals surface area contributed by atoms with Gasteiger partial charge in [0.05, 0.1) is 34.3 Å². The number of amides is 3. The Kier molecular flexibility index (Phi) is 7.46. The summed E-state index contributed by atoms with van der Waals surface area (Å²) in [6, 6.07) is 4.33. The minimum Gasteiger partial charge on any atom is -0.456 e. The van der Waals surface area contributed by atoms with Crippen LogP contribution in [-0.2, 0) is 33.6 Å². The van der Waals surface area contributed by atoms with Gasteiger partial charge in [0, 0.05) is 25.2 Å². The van der Waals surface area contributed by atoms with E-state index in [0.717, 1.165) is 6.92 Å². The number of esters is 1. The molecule has 1 N–H and O–H groups in total. The molecule has 3 amide bonds. The molecule has 1 fully saturated rings. The lowest BCUT2D eigenvalue weighted by Gasteiger charge is -2.19. The second kappa shape index (κ2) is 10.1. The molecular formula is C21H24FN3O7S. The van der Waals surface area contributed by atoms with E-state index >= 15 is 0 Å². The van der Waals surface area contributed by atoms with Crippen LogP contribution in [-0.4, -0.2) is 65.4 Å². The Bertz CT molecular complexity index is 1140. The molecule has 33 heavy (non-hydrogen) atoms. The largest absolute Gasteiger partial charge is 0.456 e. The number of ether oxygens (including phenoxy) is 2. The van der Waals surface area contributed by atoms with Gasteiger partial charge in [0.15, 0.2) is 6.61 Å². The van der Waals surface area contributed by atoms with Crippen molar-refractivity contribution in [1.82, 2.24) is 5.32 Å². The first-order chi connectivity index (χ1) is 15.6. The van der Waals surface area contributed by atoms with Crippen LogP contribution in [0.2, 0.25) is 0 Å². The molecule has 1 saturated heterocycles. The normalized spacial score (nSPS) is 22.3. The number of allylic oxidation sites excluding steroid dienone is 1. The van der Waals surface area contributed by atoms with Gasteiger partial charge in [0.25, 0.3) is 5.91 Å². The maximum Gasteiger partial charge on any atom is 0.414 e. The highest BCUT2D eigenvalue weighted by atomic mass is 32.2. The van der Waals surface area contributed by atoms with E-state index in [1.807, 2.05) is 0 Å². The summed E-state index contributed by atoms with van der Waals surface area (Å²) >= 11 is 0. The van der Waals surface area contributed by atoms with Gasteiger partial charge in [-0.3, -0.25) is 19.3 Å². The van der Waals surface area contributed by atoms with Crippen LogP contribution in [0, 0.1) is 5.82 Å². The van der Waals surface area contributed by atoms with Crippen molar-refractivity contribution in [2.75, 3.05) is 36.1 Å². The lowest BCUT2D eigenvalue weighted by atomic mass is 10.0. The second-order valence-corrected chi connectivity index (χ2v) is 10.1. The van der Waals surface area contributed by atoms with Crippen LogP contribution in [0.25, 0.3) is 5.57 Å². The van der Waals surface area contributed by atoms with Crippen molar-refractivity contribution >= 4 is 44.9 Å². The summed E-state index contributed by atoms with van der Waals surface area (Å²) < 4.78 is 41.1. The van der Waals surface area contributed by atoms with E-state index in [4.69, 9.17) is 4.74 Å². The standard InChI is InChI=1S/C21H24FN3O7S/c1-13(26)23-10-17-11-25(21(29)32-17)16-3-4-18(19(22)9-16)15-5-7-33(30,8-6-15)24-20(28)12-31-14(2)27/h3-5,9,17H,6-8,10-12H2,1-2H3,(H,23,26)/t17-,33?/m0/s1. The molecule has 3 rings (SSSR count). The van der Waals surface area contributed by atoms with Crippen molar-refractivity contribution in [3.05, 3.63) is 35.7 Å². The van der Waals surface area contributed by atoms with Gasteiger partial charge < -0.3 is 14.8 Å². The zero-order valence-corrected chi connectivity index (χ0v) is 19.0. The predicted molar refractivity (Wildman–Crippen MR) is 117 cm³/mol. The number of benzene rings is 1. The number of nitrogens with one attached hydrogen (secondary N) is 1. The van der Waals surface area contributed by atoms with Gasteiger partial charge in [-0.1, -0.05) is 6.08 Å². The third kappa shape index (κ3) is 6.37. The summed E-state index contributed by atoms with van der Waals surface area (Å²) in [6.45, 7) is 2.28. The lowest BCUT2D eigenvalue weighted by molar-refractivity contribution is -0.145. The van der Waals surface area contributed by atoms with Crippen molar-refractivity contribution < 1.29 is 37.3 Å². The molecule has 0 aromatic heterocycles. The molecule has 2 heterocycles. The number of hydrogen-bond donors (Lipinski definition) is 1. The molecule has 0 aliphatic carbocycles. The van der Waals surface area contributed by atoms with Gasteiger partial charge in [0.2, 0.25) is 5.91 Å². The number of rotatable bonds is 6. The van der Waals surface area contributed by atoms with Gasteiger partial charge >= 0.3 is 12.1 Å². The maximum absolute atomic E-state index is 14.9. The summed E-state index contributed by atoms with van der Waals surface area (Å²) in [7, 11) is -2.85. The summed E-state index contributed by atoms with van der Waals surface area (Å²) in [5.74, 6) is -2.19. The number of hydrogen-bond acceptors (Lipinski definition) is 7. The van der Waals surface area contributed by atoms with Gasteiger partial charge in [-0.05, 0) is 30.2 Å². The van der Waals surface area contributed by atoms with Crippen LogP contribution < -0.4 is 10.2 Å². The fourth-order valence-corrected chi connectivity index (χ4v) is 5.17. The highest BCUT2D eigenvalue weighted by Crippen LogP contribution is 2.30. The van der Waals surface area contributed by atoms with E-state index < -0.39 is 46.2 Å². The molecule has 2 aliphatic heterocycles. The molecule has 0 saturated carbocycles. The van der Waals surface area contributed by atoms with E-state index in [9.17, 15) is 27.8 Å².